The fourth-order valence-electron chi connectivity index (χ4n) is 6.06. The Morgan fingerprint density at radius 3 is 1.85 bits per heavy atom. The van der Waals surface area contributed by atoms with Crippen molar-refractivity contribution in [2.45, 2.75) is 192 Å². The predicted molar refractivity (Wildman–Crippen MR) is 211 cm³/mol. The molecule has 0 radical (unpaired) electrons. The van der Waals surface area contributed by atoms with Crippen LogP contribution in [0.4, 0.5) is 0 Å². The Balaban J connectivity index is 2.48. The van der Waals surface area contributed by atoms with Crippen molar-refractivity contribution < 1.29 is 56.2 Å². The molecule has 316 valence electrons. The van der Waals surface area contributed by atoms with E-state index < -0.39 is 59.8 Å². The number of carbonyl (C=O) groups excluding carboxylic acids is 1. The van der Waals surface area contributed by atoms with Crippen LogP contribution in [-0.2, 0) is 38.3 Å². The van der Waals surface area contributed by atoms with Crippen LogP contribution >= 0.6 is 0 Å². The minimum absolute atomic E-state index is 0.0257. The van der Waals surface area contributed by atoms with Crippen LogP contribution in [0.3, 0.4) is 0 Å². The van der Waals surface area contributed by atoms with Crippen LogP contribution in [0.1, 0.15) is 155 Å². The summed E-state index contributed by atoms with van der Waals surface area (Å²) in [5, 5.41) is 30.6. The molecule has 54 heavy (non-hydrogen) atoms. The zero-order valence-electron chi connectivity index (χ0n) is 33.3. The summed E-state index contributed by atoms with van der Waals surface area (Å²) in [7, 11) is -5.06. The molecule has 0 saturated carbocycles. The van der Waals surface area contributed by atoms with Gasteiger partial charge in [-0.2, -0.15) is 8.42 Å². The van der Waals surface area contributed by atoms with Crippen molar-refractivity contribution in [3.63, 3.8) is 0 Å². The highest BCUT2D eigenvalue weighted by Crippen LogP contribution is 2.26. The first-order valence-corrected chi connectivity index (χ1v) is 22.1. The van der Waals surface area contributed by atoms with Crippen molar-refractivity contribution in [3.05, 3.63) is 36.5 Å². The fraction of sp³-hybridized carbons (Fsp3) is 0.829. The summed E-state index contributed by atoms with van der Waals surface area (Å²) >= 11 is 0. The molecule has 12 nitrogen and oxygen atoms in total. The van der Waals surface area contributed by atoms with Crippen LogP contribution in [0.2, 0.25) is 0 Å². The van der Waals surface area contributed by atoms with Gasteiger partial charge in [0.15, 0.2) is 6.29 Å². The van der Waals surface area contributed by atoms with E-state index in [0.29, 0.717) is 13.0 Å². The molecular formula is C41H74O12S. The maximum atomic E-state index is 12.8. The molecule has 0 amide bonds. The summed E-state index contributed by atoms with van der Waals surface area (Å²) in [4.78, 5) is 12.8. The molecule has 0 aromatic carbocycles. The van der Waals surface area contributed by atoms with Crippen LogP contribution in [0, 0.1) is 0 Å². The lowest BCUT2D eigenvalue weighted by Crippen LogP contribution is -2.60. The number of hydrogen-bond acceptors (Lipinski definition) is 11. The molecule has 4 N–H and O–H groups in total. The average molecular weight is 791 g/mol. The van der Waals surface area contributed by atoms with Gasteiger partial charge in [-0.1, -0.05) is 121 Å². The van der Waals surface area contributed by atoms with Gasteiger partial charge in [-0.3, -0.25) is 9.35 Å². The first-order chi connectivity index (χ1) is 26.1. The summed E-state index contributed by atoms with van der Waals surface area (Å²) < 4.78 is 58.8. The highest BCUT2D eigenvalue weighted by Gasteiger charge is 2.48. The predicted octanol–water partition coefficient (Wildman–Crippen LogP) is 7.85. The van der Waals surface area contributed by atoms with Gasteiger partial charge < -0.3 is 34.3 Å². The molecule has 0 aromatic rings. The molecule has 0 spiro atoms. The summed E-state index contributed by atoms with van der Waals surface area (Å²) in [6.45, 7) is 3.86. The third kappa shape index (κ3) is 27.0. The maximum absolute atomic E-state index is 12.8. The lowest BCUT2D eigenvalue weighted by molar-refractivity contribution is -0.301. The summed E-state index contributed by atoms with van der Waals surface area (Å²) in [5.74, 6) is -0.417. The largest absolute Gasteiger partial charge is 0.457 e. The number of rotatable bonds is 35. The highest BCUT2D eigenvalue weighted by molar-refractivity contribution is 7.80. The second-order valence-corrected chi connectivity index (χ2v) is 15.3. The van der Waals surface area contributed by atoms with Crippen molar-refractivity contribution >= 4 is 16.4 Å². The standard InChI is InChI=1S/C41H74O12S/c1-3-5-7-9-11-13-15-16-17-18-19-20-22-24-26-28-30-37(43)51-35(33-49-31-29-27-25-23-21-14-12-10-8-6-4-2)34-50-41-39(45)40(53-54(46,47)48)38(44)36(32-42)52-41/h8,10,13,15,17-18,35-36,38-42,44-45H,3-7,9,11-12,14,16,19-34H2,1-2H3,(H,46,47,48)/b10-8-,15-13-,18-17-. The van der Waals surface area contributed by atoms with Crippen LogP contribution in [0.15, 0.2) is 36.5 Å². The lowest BCUT2D eigenvalue weighted by atomic mass is 9.99. The van der Waals surface area contributed by atoms with Gasteiger partial charge in [0.25, 0.3) is 0 Å². The topological polar surface area (TPSA) is 178 Å². The van der Waals surface area contributed by atoms with E-state index in [9.17, 15) is 28.5 Å². The monoisotopic (exact) mass is 790 g/mol. The van der Waals surface area contributed by atoms with Gasteiger partial charge >= 0.3 is 16.4 Å². The van der Waals surface area contributed by atoms with Crippen molar-refractivity contribution in [1.82, 2.24) is 0 Å². The number of hydrogen-bond donors (Lipinski definition) is 4. The van der Waals surface area contributed by atoms with E-state index in [1.165, 1.54) is 51.4 Å². The first kappa shape index (κ1) is 50.3. The minimum atomic E-state index is -5.06. The average Bonchev–Trinajstić information content (AvgIpc) is 3.14. The maximum Gasteiger partial charge on any atom is 0.397 e. The molecule has 1 aliphatic heterocycles. The Bertz CT molecular complexity index is 1100. The number of aliphatic hydroxyl groups is 3. The highest BCUT2D eigenvalue weighted by atomic mass is 32.3. The second kappa shape index (κ2) is 33.5. The van der Waals surface area contributed by atoms with Gasteiger partial charge in [0.05, 0.1) is 19.8 Å². The number of carbonyl (C=O) groups is 1. The molecule has 6 unspecified atom stereocenters. The van der Waals surface area contributed by atoms with Gasteiger partial charge in [-0.15, -0.1) is 0 Å². The zero-order chi connectivity index (χ0) is 39.7. The van der Waals surface area contributed by atoms with E-state index in [4.69, 9.17) is 23.5 Å². The second-order valence-electron chi connectivity index (χ2n) is 14.2. The third-order valence-corrected chi connectivity index (χ3v) is 9.68. The SMILES string of the molecule is CCC/C=C\CCCCCCCCOCC(COC1OC(CO)C(O)C(OS(=O)(=O)O)C1O)OC(=O)CCCCCCC/C=C\C/C=C\CCCCCC. The van der Waals surface area contributed by atoms with E-state index in [1.807, 2.05) is 0 Å². The first-order valence-electron chi connectivity index (χ1n) is 20.7. The van der Waals surface area contributed by atoms with Crippen molar-refractivity contribution in [2.24, 2.45) is 0 Å². The van der Waals surface area contributed by atoms with Gasteiger partial charge in [0.2, 0.25) is 0 Å². The summed E-state index contributed by atoms with van der Waals surface area (Å²) in [5.41, 5.74) is 0. The Morgan fingerprint density at radius 2 is 1.26 bits per heavy atom. The van der Waals surface area contributed by atoms with E-state index in [-0.39, 0.29) is 19.6 Å². The van der Waals surface area contributed by atoms with Crippen LogP contribution < -0.4 is 0 Å². The quantitative estimate of drug-likeness (QED) is 0.0212. The van der Waals surface area contributed by atoms with Gasteiger partial charge in [-0.25, -0.2) is 4.18 Å². The molecule has 1 saturated heterocycles. The molecular weight excluding hydrogens is 717 g/mol. The smallest absolute Gasteiger partial charge is 0.397 e. The van der Waals surface area contributed by atoms with Gasteiger partial charge in [0, 0.05) is 13.0 Å². The number of allylic oxidation sites excluding steroid dienone is 6. The van der Waals surface area contributed by atoms with E-state index in [2.05, 4.69) is 54.5 Å². The molecule has 13 heteroatoms. The van der Waals surface area contributed by atoms with E-state index >= 15 is 0 Å². The Labute approximate surface area is 326 Å². The molecule has 0 aromatic heterocycles. The fourth-order valence-corrected chi connectivity index (χ4v) is 6.56. The Kier molecular flexibility index (Phi) is 31.2. The number of esters is 1. The van der Waals surface area contributed by atoms with Crippen molar-refractivity contribution in [3.8, 4) is 0 Å². The van der Waals surface area contributed by atoms with Crippen LogP contribution in [0.5, 0.6) is 0 Å². The molecule has 6 atom stereocenters. The number of unbranched alkanes of at least 4 members (excludes halogenated alkanes) is 16. The Hall–Kier alpha value is -1.68. The third-order valence-electron chi connectivity index (χ3n) is 9.22. The molecule has 1 aliphatic rings. The Morgan fingerprint density at radius 1 is 0.704 bits per heavy atom. The number of ether oxygens (including phenoxy) is 4. The molecule has 0 aliphatic carbocycles. The normalized spacial score (nSPS) is 21.5. The molecule has 1 fully saturated rings. The van der Waals surface area contributed by atoms with Gasteiger partial charge in [-0.05, 0) is 64.2 Å². The summed E-state index contributed by atoms with van der Waals surface area (Å²) in [6, 6.07) is 0. The zero-order valence-corrected chi connectivity index (χ0v) is 34.1. The van der Waals surface area contributed by atoms with Crippen molar-refractivity contribution in [2.75, 3.05) is 26.4 Å². The number of aliphatic hydroxyl groups excluding tert-OH is 3. The van der Waals surface area contributed by atoms with E-state index in [1.54, 1.807) is 0 Å². The van der Waals surface area contributed by atoms with Crippen LogP contribution in [0.25, 0.3) is 0 Å². The summed E-state index contributed by atoms with van der Waals surface area (Å²) in [6.07, 6.45) is 27.5. The molecule has 0 bridgehead atoms. The van der Waals surface area contributed by atoms with Gasteiger partial charge in [0.1, 0.15) is 30.5 Å². The van der Waals surface area contributed by atoms with Crippen molar-refractivity contribution in [1.29, 1.82) is 0 Å². The molecule has 1 heterocycles. The van der Waals surface area contributed by atoms with Crippen LogP contribution in [-0.4, -0.2) is 97.5 Å². The van der Waals surface area contributed by atoms with E-state index in [0.717, 1.165) is 77.0 Å². The lowest BCUT2D eigenvalue weighted by Gasteiger charge is -2.41. The minimum Gasteiger partial charge on any atom is -0.457 e. The molecule has 1 rings (SSSR count).